The fourth-order valence-electron chi connectivity index (χ4n) is 4.20. The van der Waals surface area contributed by atoms with E-state index in [-0.39, 0.29) is 22.3 Å². The van der Waals surface area contributed by atoms with Gasteiger partial charge in [0.05, 0.1) is 10.6 Å². The molecule has 1 aliphatic heterocycles. The molecule has 3 aromatic rings. The van der Waals surface area contributed by atoms with E-state index >= 15 is 0 Å². The summed E-state index contributed by atoms with van der Waals surface area (Å²) in [5, 5.41) is 0. The van der Waals surface area contributed by atoms with Gasteiger partial charge in [-0.05, 0) is 54.6 Å². The van der Waals surface area contributed by atoms with Gasteiger partial charge in [0.2, 0.25) is 0 Å². The number of benzene rings is 3. The van der Waals surface area contributed by atoms with Gasteiger partial charge in [0.15, 0.2) is 15.6 Å². The summed E-state index contributed by atoms with van der Waals surface area (Å²) in [6.07, 6.45) is 0.869. The van der Waals surface area contributed by atoms with Gasteiger partial charge in [-0.2, -0.15) is 0 Å². The maximum atomic E-state index is 12.9. The molecule has 5 heteroatoms. The van der Waals surface area contributed by atoms with Crippen molar-refractivity contribution in [1.29, 1.82) is 0 Å². The van der Waals surface area contributed by atoms with Crippen molar-refractivity contribution in [3.63, 3.8) is 0 Å². The number of nitrogens with zero attached hydrogens (tertiary/aromatic N) is 1. The maximum Gasteiger partial charge on any atom is 0.178 e. The molecule has 0 bridgehead atoms. The number of carbonyl (C=O) groups excluding carboxylic acids is 1. The zero-order valence-electron chi connectivity index (χ0n) is 17.7. The third kappa shape index (κ3) is 5.30. The third-order valence-corrected chi connectivity index (χ3v) is 7.77. The maximum absolute atomic E-state index is 12.9. The average molecular weight is 434 g/mol. The Balaban J connectivity index is 1.36. The topological polar surface area (TPSA) is 54.5 Å². The summed E-state index contributed by atoms with van der Waals surface area (Å²) < 4.78 is 25.7. The van der Waals surface area contributed by atoms with E-state index in [2.05, 4.69) is 41.3 Å². The zero-order chi connectivity index (χ0) is 21.8. The van der Waals surface area contributed by atoms with Gasteiger partial charge in [-0.15, -0.1) is 0 Å². The highest BCUT2D eigenvalue weighted by Gasteiger charge is 2.28. The van der Waals surface area contributed by atoms with Crippen LogP contribution in [0.5, 0.6) is 0 Å². The Kier molecular flexibility index (Phi) is 6.35. The Hall–Kier alpha value is -2.76. The first-order valence-electron chi connectivity index (χ1n) is 10.6. The second-order valence-electron chi connectivity index (χ2n) is 8.32. The van der Waals surface area contributed by atoms with E-state index < -0.39 is 9.84 Å². The molecule has 0 unspecified atom stereocenters. The first-order valence-corrected chi connectivity index (χ1v) is 12.3. The highest BCUT2D eigenvalue weighted by molar-refractivity contribution is 7.91. The molecule has 160 valence electrons. The number of carbonyl (C=O) groups is 1. The Bertz CT molecular complexity index is 1150. The first kappa shape index (κ1) is 21.5. The lowest BCUT2D eigenvalue weighted by Crippen LogP contribution is -2.23. The van der Waals surface area contributed by atoms with E-state index in [1.165, 1.54) is 29.7 Å². The molecule has 0 spiro atoms. The molecule has 1 aliphatic rings. The zero-order valence-corrected chi connectivity index (χ0v) is 18.5. The summed E-state index contributed by atoms with van der Waals surface area (Å²) in [6.45, 7) is 3.94. The SMILES string of the molecule is CC(=O)c1cccc(S(=O)(=O)C[C@@H]2CCN(Cc3ccc(-c4ccccc4)cc3)C2)c1. The third-order valence-electron chi connectivity index (χ3n) is 5.89. The van der Waals surface area contributed by atoms with Crippen molar-refractivity contribution >= 4 is 15.6 Å². The van der Waals surface area contributed by atoms with Crippen molar-refractivity contribution in [2.45, 2.75) is 24.8 Å². The molecular formula is C26H27NO3S. The number of rotatable bonds is 7. The van der Waals surface area contributed by atoms with E-state index in [1.807, 2.05) is 18.2 Å². The second kappa shape index (κ2) is 9.16. The number of Topliss-reactive ketones (excluding diaryl/α,β-unsaturated/α-hetero) is 1. The van der Waals surface area contributed by atoms with Crippen molar-refractivity contribution in [2.75, 3.05) is 18.8 Å². The lowest BCUT2D eigenvalue weighted by Gasteiger charge is -2.17. The van der Waals surface area contributed by atoms with Gasteiger partial charge in [-0.1, -0.05) is 66.7 Å². The van der Waals surface area contributed by atoms with Crippen LogP contribution >= 0.6 is 0 Å². The molecule has 0 radical (unpaired) electrons. The van der Waals surface area contributed by atoms with Crippen LogP contribution < -0.4 is 0 Å². The summed E-state index contributed by atoms with van der Waals surface area (Å²) in [4.78, 5) is 14.2. The van der Waals surface area contributed by atoms with Gasteiger partial charge in [0.1, 0.15) is 0 Å². The average Bonchev–Trinajstić information content (AvgIpc) is 3.21. The van der Waals surface area contributed by atoms with E-state index in [4.69, 9.17) is 0 Å². The lowest BCUT2D eigenvalue weighted by molar-refractivity contribution is 0.101. The Labute approximate surface area is 184 Å². The van der Waals surface area contributed by atoms with E-state index in [1.54, 1.807) is 18.2 Å². The lowest BCUT2D eigenvalue weighted by atomic mass is 10.0. The minimum Gasteiger partial charge on any atom is -0.299 e. The van der Waals surface area contributed by atoms with Gasteiger partial charge in [-0.25, -0.2) is 8.42 Å². The highest BCUT2D eigenvalue weighted by atomic mass is 32.2. The fourth-order valence-corrected chi connectivity index (χ4v) is 5.88. The van der Waals surface area contributed by atoms with E-state index in [0.29, 0.717) is 5.56 Å². The number of hydrogen-bond donors (Lipinski definition) is 0. The predicted octanol–water partition coefficient (Wildman–Crippen LogP) is 4.85. The molecule has 4 nitrogen and oxygen atoms in total. The number of sulfone groups is 1. The molecule has 0 saturated carbocycles. The van der Waals surface area contributed by atoms with Crippen LogP contribution in [0.2, 0.25) is 0 Å². The minimum atomic E-state index is -3.41. The minimum absolute atomic E-state index is 0.106. The molecule has 0 N–H and O–H groups in total. The van der Waals surface area contributed by atoms with Crippen molar-refractivity contribution in [1.82, 2.24) is 4.90 Å². The summed E-state index contributed by atoms with van der Waals surface area (Å²) in [5.41, 5.74) is 4.07. The van der Waals surface area contributed by atoms with E-state index in [0.717, 1.165) is 26.1 Å². The molecule has 4 rings (SSSR count). The van der Waals surface area contributed by atoms with Crippen LogP contribution in [0.25, 0.3) is 11.1 Å². The summed E-state index contributed by atoms with van der Waals surface area (Å²) in [5.74, 6) is 0.106. The van der Waals surface area contributed by atoms with Crippen LogP contribution in [0.15, 0.2) is 83.8 Å². The van der Waals surface area contributed by atoms with E-state index in [9.17, 15) is 13.2 Å². The molecule has 0 amide bonds. The molecule has 0 aromatic heterocycles. The van der Waals surface area contributed by atoms with Crippen LogP contribution in [0.3, 0.4) is 0 Å². The smallest absolute Gasteiger partial charge is 0.178 e. The van der Waals surface area contributed by atoms with Crippen molar-refractivity contribution in [3.8, 4) is 11.1 Å². The standard InChI is InChI=1S/C26H27NO3S/c1-20(28)25-8-5-9-26(16-25)31(29,30)19-22-14-15-27(18-22)17-21-10-12-24(13-11-21)23-6-3-2-4-7-23/h2-13,16,22H,14-15,17-19H2,1H3/t22-/m1/s1. The van der Waals surface area contributed by atoms with Crippen LogP contribution in [0, 0.1) is 5.92 Å². The van der Waals surface area contributed by atoms with Crippen molar-refractivity contribution in [3.05, 3.63) is 90.0 Å². The molecule has 3 aromatic carbocycles. The van der Waals surface area contributed by atoms with Crippen molar-refractivity contribution < 1.29 is 13.2 Å². The molecular weight excluding hydrogens is 406 g/mol. The van der Waals surface area contributed by atoms with Crippen molar-refractivity contribution in [2.24, 2.45) is 5.92 Å². The molecule has 1 atom stereocenters. The van der Waals surface area contributed by atoms with Gasteiger partial charge in [-0.3, -0.25) is 9.69 Å². The Morgan fingerprint density at radius 3 is 2.35 bits per heavy atom. The molecule has 0 aliphatic carbocycles. The molecule has 1 heterocycles. The first-order chi connectivity index (χ1) is 14.9. The molecule has 1 fully saturated rings. The quantitative estimate of drug-likeness (QED) is 0.500. The summed E-state index contributed by atoms with van der Waals surface area (Å²) in [6, 6.07) is 25.3. The molecule has 1 saturated heterocycles. The second-order valence-corrected chi connectivity index (χ2v) is 10.4. The number of likely N-dealkylation sites (tertiary alicyclic amines) is 1. The van der Waals surface area contributed by atoms with Gasteiger partial charge >= 0.3 is 0 Å². The van der Waals surface area contributed by atoms with Gasteiger partial charge < -0.3 is 0 Å². The Morgan fingerprint density at radius 2 is 1.65 bits per heavy atom. The van der Waals surface area contributed by atoms with Crippen LogP contribution in [0.4, 0.5) is 0 Å². The van der Waals surface area contributed by atoms with Gasteiger partial charge in [0.25, 0.3) is 0 Å². The summed E-state index contributed by atoms with van der Waals surface area (Å²) in [7, 11) is -3.41. The van der Waals surface area contributed by atoms with Crippen LogP contribution in [0.1, 0.15) is 29.3 Å². The summed E-state index contributed by atoms with van der Waals surface area (Å²) >= 11 is 0. The largest absolute Gasteiger partial charge is 0.299 e. The number of ketones is 1. The van der Waals surface area contributed by atoms with Crippen LogP contribution in [-0.2, 0) is 16.4 Å². The Morgan fingerprint density at radius 1 is 0.935 bits per heavy atom. The normalized spacial score (nSPS) is 17.0. The molecule has 31 heavy (non-hydrogen) atoms. The predicted molar refractivity (Wildman–Crippen MR) is 124 cm³/mol. The number of hydrogen-bond acceptors (Lipinski definition) is 4. The monoisotopic (exact) mass is 433 g/mol. The van der Waals surface area contributed by atoms with Crippen LogP contribution in [-0.4, -0.2) is 37.9 Å². The highest BCUT2D eigenvalue weighted by Crippen LogP contribution is 2.25. The van der Waals surface area contributed by atoms with Gasteiger partial charge in [0, 0.05) is 18.7 Å². The fraction of sp³-hybridized carbons (Fsp3) is 0.269.